The maximum atomic E-state index is 13.7. The predicted molar refractivity (Wildman–Crippen MR) is 130 cm³/mol. The third-order valence-electron chi connectivity index (χ3n) is 6.62. The van der Waals surface area contributed by atoms with Gasteiger partial charge >= 0.3 is 5.97 Å². The van der Waals surface area contributed by atoms with Crippen LogP contribution in [0, 0.1) is 0 Å². The van der Waals surface area contributed by atoms with Crippen molar-refractivity contribution in [3.8, 4) is 23.0 Å². The number of benzene rings is 2. The molecule has 3 heterocycles. The largest absolute Gasteiger partial charge is 0.506 e. The minimum atomic E-state index is -1.24. The monoisotopic (exact) mass is 495 g/mol. The Kier molecular flexibility index (Phi) is 5.62. The highest BCUT2D eigenvalue weighted by atomic mass is 16.5. The fourth-order valence-corrected chi connectivity index (χ4v) is 5.00. The van der Waals surface area contributed by atoms with Crippen molar-refractivity contribution in [2.45, 2.75) is 18.9 Å². The molecule has 11 nitrogen and oxygen atoms in total. The van der Waals surface area contributed by atoms with Crippen LogP contribution >= 0.6 is 0 Å². The number of ketones is 1. The second-order valence-corrected chi connectivity index (χ2v) is 8.46. The van der Waals surface area contributed by atoms with Crippen LogP contribution in [0.1, 0.15) is 32.8 Å². The van der Waals surface area contributed by atoms with Crippen LogP contribution in [0.5, 0.6) is 23.0 Å². The van der Waals surface area contributed by atoms with Gasteiger partial charge in [-0.25, -0.2) is 4.79 Å². The maximum absolute atomic E-state index is 13.7. The molecule has 0 saturated carbocycles. The number of methoxy groups -OCH3 is 4. The molecule has 11 heteroatoms. The van der Waals surface area contributed by atoms with E-state index in [1.54, 1.807) is 12.1 Å². The van der Waals surface area contributed by atoms with E-state index in [2.05, 4.69) is 10.3 Å². The van der Waals surface area contributed by atoms with Crippen LogP contribution in [-0.2, 0) is 16.0 Å². The van der Waals surface area contributed by atoms with Gasteiger partial charge in [-0.15, -0.1) is 0 Å². The highest BCUT2D eigenvalue weighted by Crippen LogP contribution is 2.46. The highest BCUT2D eigenvalue weighted by molar-refractivity contribution is 6.23. The molecule has 3 N–H and O–H groups in total. The van der Waals surface area contributed by atoms with Crippen LogP contribution in [0.4, 0.5) is 11.4 Å². The molecule has 0 fully saturated rings. The predicted octanol–water partition coefficient (Wildman–Crippen LogP) is 2.64. The molecule has 0 saturated heterocycles. The Morgan fingerprint density at radius 2 is 1.81 bits per heavy atom. The molecule has 2 aliphatic heterocycles. The zero-order valence-corrected chi connectivity index (χ0v) is 20.2. The molecule has 2 aromatic carbocycles. The number of aromatic amines is 1. The second kappa shape index (κ2) is 8.67. The summed E-state index contributed by atoms with van der Waals surface area (Å²) in [6.45, 7) is 0.380. The van der Waals surface area contributed by atoms with Gasteiger partial charge in [0.15, 0.2) is 23.3 Å². The van der Waals surface area contributed by atoms with E-state index in [0.717, 1.165) is 0 Å². The van der Waals surface area contributed by atoms with Gasteiger partial charge in [-0.05, 0) is 30.5 Å². The van der Waals surface area contributed by atoms with Gasteiger partial charge in [0.25, 0.3) is 5.91 Å². The summed E-state index contributed by atoms with van der Waals surface area (Å²) in [6.07, 6.45) is 1.11. The summed E-state index contributed by atoms with van der Waals surface area (Å²) in [5.74, 6) is -0.576. The molecule has 36 heavy (non-hydrogen) atoms. The average molecular weight is 495 g/mol. The molecule has 188 valence electrons. The van der Waals surface area contributed by atoms with Crippen molar-refractivity contribution in [3.63, 3.8) is 0 Å². The number of aromatic nitrogens is 1. The van der Waals surface area contributed by atoms with E-state index in [4.69, 9.17) is 18.9 Å². The minimum absolute atomic E-state index is 0.179. The van der Waals surface area contributed by atoms with E-state index in [1.807, 2.05) is 0 Å². The third-order valence-corrected chi connectivity index (χ3v) is 6.62. The molecule has 0 bridgehead atoms. The van der Waals surface area contributed by atoms with Gasteiger partial charge in [-0.3, -0.25) is 9.59 Å². The fourth-order valence-electron chi connectivity index (χ4n) is 5.00. The Labute approximate surface area is 205 Å². The molecule has 1 atom stereocenters. The van der Waals surface area contributed by atoms with Crippen LogP contribution in [0.25, 0.3) is 10.9 Å². The number of ether oxygens (including phenoxy) is 4. The Morgan fingerprint density at radius 1 is 1.06 bits per heavy atom. The van der Waals surface area contributed by atoms with Crippen molar-refractivity contribution in [2.24, 2.45) is 0 Å². The number of esters is 1. The average Bonchev–Trinajstić information content (AvgIpc) is 3.48. The van der Waals surface area contributed by atoms with Crippen LogP contribution in [0.15, 0.2) is 18.2 Å². The van der Waals surface area contributed by atoms with Crippen LogP contribution < -0.4 is 24.4 Å². The number of anilines is 2. The normalized spacial score (nSPS) is 16.3. The number of carbonyl (C=O) groups excluding carboxylic acids is 3. The molecular weight excluding hydrogens is 470 g/mol. The van der Waals surface area contributed by atoms with Gasteiger partial charge < -0.3 is 39.3 Å². The lowest BCUT2D eigenvalue weighted by atomic mass is 9.92. The number of carbonyl (C=O) groups is 3. The van der Waals surface area contributed by atoms with Crippen molar-refractivity contribution in [3.05, 3.63) is 35.0 Å². The maximum Gasteiger partial charge on any atom is 0.336 e. The molecule has 1 amide bonds. The number of nitrogens with one attached hydrogen (secondary N) is 2. The number of aromatic hydroxyl groups is 1. The van der Waals surface area contributed by atoms with E-state index >= 15 is 0 Å². The van der Waals surface area contributed by atoms with Gasteiger partial charge in [0.1, 0.15) is 11.4 Å². The Hall–Kier alpha value is -4.41. The van der Waals surface area contributed by atoms with Crippen molar-refractivity contribution < 1.29 is 38.4 Å². The number of amides is 1. The van der Waals surface area contributed by atoms with Crippen LogP contribution in [0.3, 0.4) is 0 Å². The van der Waals surface area contributed by atoms with Crippen molar-refractivity contribution in [1.82, 2.24) is 4.98 Å². The molecule has 0 radical (unpaired) electrons. The SMILES string of the molecule is COC(=O)[C@@H]1Nc2c(O)cc3c(c2C1=O)CCCN3C(=O)c1cc2cc(OC)c(OC)c(OC)c2[nH]1. The molecule has 5 rings (SSSR count). The first kappa shape index (κ1) is 23.3. The Balaban J connectivity index is 1.58. The number of hydrogen-bond donors (Lipinski definition) is 3. The second-order valence-electron chi connectivity index (χ2n) is 8.46. The molecule has 0 spiro atoms. The van der Waals surface area contributed by atoms with Crippen LogP contribution in [0.2, 0.25) is 0 Å². The molecule has 2 aliphatic rings. The number of Topliss-reactive ketones (excluding diaryl/α,β-unsaturated/α-hetero) is 1. The molecule has 1 aromatic heterocycles. The standard InChI is InChI=1S/C25H25N3O8/c1-33-16-9-11-8-13(26-18(11)23(35-3)22(16)34-2)24(31)28-7-5-6-12-14(28)10-15(29)19-17(12)21(30)20(27-19)25(32)36-4/h8-10,20,26-27,29H,5-7H2,1-4H3/t20-/m1/s1. The highest BCUT2D eigenvalue weighted by Gasteiger charge is 2.42. The zero-order valence-electron chi connectivity index (χ0n) is 20.2. The number of rotatable bonds is 5. The number of hydrogen-bond acceptors (Lipinski definition) is 9. The third kappa shape index (κ3) is 3.30. The molecule has 0 aliphatic carbocycles. The topological polar surface area (TPSA) is 139 Å². The zero-order chi connectivity index (χ0) is 25.7. The number of phenolic OH excluding ortho intramolecular Hbond substituents is 1. The summed E-state index contributed by atoms with van der Waals surface area (Å²) in [6, 6.07) is 3.63. The number of fused-ring (bicyclic) bond motifs is 4. The van der Waals surface area contributed by atoms with Crippen molar-refractivity contribution >= 4 is 39.9 Å². The summed E-state index contributed by atoms with van der Waals surface area (Å²) >= 11 is 0. The van der Waals surface area contributed by atoms with E-state index in [0.29, 0.717) is 58.8 Å². The summed E-state index contributed by atoms with van der Waals surface area (Å²) in [4.78, 5) is 43.5. The molecule has 0 unspecified atom stereocenters. The number of nitrogens with zero attached hydrogens (tertiary/aromatic N) is 1. The Bertz CT molecular complexity index is 1430. The first-order chi connectivity index (χ1) is 17.3. The quantitative estimate of drug-likeness (QED) is 0.277. The smallest absolute Gasteiger partial charge is 0.336 e. The first-order valence-corrected chi connectivity index (χ1v) is 11.3. The number of H-pyrrole nitrogens is 1. The summed E-state index contributed by atoms with van der Waals surface area (Å²) in [5, 5.41) is 14.1. The van der Waals surface area contributed by atoms with E-state index in [-0.39, 0.29) is 28.6 Å². The van der Waals surface area contributed by atoms with Gasteiger partial charge in [0.05, 0.1) is 50.9 Å². The van der Waals surface area contributed by atoms with Gasteiger partial charge in [0, 0.05) is 18.0 Å². The first-order valence-electron chi connectivity index (χ1n) is 11.3. The van der Waals surface area contributed by atoms with E-state index < -0.39 is 17.8 Å². The Morgan fingerprint density at radius 3 is 2.47 bits per heavy atom. The van der Waals surface area contributed by atoms with Gasteiger partial charge in [-0.1, -0.05) is 0 Å². The van der Waals surface area contributed by atoms with Crippen LogP contribution in [-0.4, -0.2) is 68.8 Å². The van der Waals surface area contributed by atoms with Gasteiger partial charge in [-0.2, -0.15) is 0 Å². The lowest BCUT2D eigenvalue weighted by molar-refractivity contribution is -0.140. The van der Waals surface area contributed by atoms with Crippen molar-refractivity contribution in [2.75, 3.05) is 45.2 Å². The summed E-state index contributed by atoms with van der Waals surface area (Å²) in [7, 11) is 5.70. The summed E-state index contributed by atoms with van der Waals surface area (Å²) in [5.41, 5.74) is 2.26. The lowest BCUT2D eigenvalue weighted by Gasteiger charge is -2.30. The molecule has 3 aromatic rings. The summed E-state index contributed by atoms with van der Waals surface area (Å²) < 4.78 is 21.1. The lowest BCUT2D eigenvalue weighted by Crippen LogP contribution is -2.36. The van der Waals surface area contributed by atoms with E-state index in [9.17, 15) is 19.5 Å². The molecular formula is C25H25N3O8. The minimum Gasteiger partial charge on any atom is -0.506 e. The number of phenols is 1. The van der Waals surface area contributed by atoms with Gasteiger partial charge in [0.2, 0.25) is 5.75 Å². The fraction of sp³-hybridized carbons (Fsp3) is 0.320. The van der Waals surface area contributed by atoms with E-state index in [1.165, 1.54) is 39.4 Å². The van der Waals surface area contributed by atoms with Crippen molar-refractivity contribution in [1.29, 1.82) is 0 Å².